The fraction of sp³-hybridized carbons (Fsp3) is 0.700. The third-order valence-electron chi connectivity index (χ3n) is 1.84. The first-order chi connectivity index (χ1) is 6.52. The Morgan fingerprint density at radius 2 is 2.21 bits per heavy atom. The van der Waals surface area contributed by atoms with Crippen molar-refractivity contribution in [2.45, 2.75) is 18.6 Å². The number of hydrogen-bond acceptors (Lipinski definition) is 3. The van der Waals surface area contributed by atoms with Crippen LogP contribution in [0.15, 0.2) is 12.7 Å². The van der Waals surface area contributed by atoms with Crippen molar-refractivity contribution in [3.8, 4) is 0 Å². The Kier molecular flexibility index (Phi) is 6.66. The topological polar surface area (TPSA) is 41.1 Å². The van der Waals surface area contributed by atoms with E-state index in [1.807, 2.05) is 6.26 Å². The third kappa shape index (κ3) is 6.97. The van der Waals surface area contributed by atoms with Crippen molar-refractivity contribution in [2.75, 3.05) is 25.9 Å². The molecule has 0 atom stereocenters. The average molecular weight is 216 g/mol. The molecule has 2 N–H and O–H groups in total. The van der Waals surface area contributed by atoms with E-state index in [0.29, 0.717) is 19.6 Å². The minimum atomic E-state index is 0.0361. The van der Waals surface area contributed by atoms with Crippen molar-refractivity contribution in [1.29, 1.82) is 0 Å². The maximum absolute atomic E-state index is 11.3. The second-order valence-corrected chi connectivity index (χ2v) is 5.17. The minimum absolute atomic E-state index is 0.0361. The maximum atomic E-state index is 11.3. The van der Waals surface area contributed by atoms with Gasteiger partial charge in [-0.15, -0.1) is 6.58 Å². The summed E-state index contributed by atoms with van der Waals surface area (Å²) in [4.78, 5) is 11.3. The van der Waals surface area contributed by atoms with Crippen molar-refractivity contribution in [1.82, 2.24) is 10.6 Å². The predicted molar refractivity (Wildman–Crippen MR) is 63.7 cm³/mol. The molecule has 0 aromatic rings. The summed E-state index contributed by atoms with van der Waals surface area (Å²) in [5, 5.41) is 5.83. The van der Waals surface area contributed by atoms with Gasteiger partial charge in [0.25, 0.3) is 0 Å². The molecular weight excluding hydrogens is 196 g/mol. The van der Waals surface area contributed by atoms with E-state index in [1.165, 1.54) is 0 Å². The van der Waals surface area contributed by atoms with E-state index in [0.717, 1.165) is 0 Å². The summed E-state index contributed by atoms with van der Waals surface area (Å²) in [5.41, 5.74) is 0. The molecule has 0 aromatic heterocycles. The highest BCUT2D eigenvalue weighted by atomic mass is 32.2. The second-order valence-electron chi connectivity index (χ2n) is 3.66. The highest BCUT2D eigenvalue weighted by molar-refractivity contribution is 7.99. The van der Waals surface area contributed by atoms with E-state index in [2.05, 4.69) is 31.1 Å². The van der Waals surface area contributed by atoms with Crippen LogP contribution in [0.1, 0.15) is 13.8 Å². The number of thioether (sulfide) groups is 1. The fourth-order valence-corrected chi connectivity index (χ4v) is 0.950. The lowest BCUT2D eigenvalue weighted by Gasteiger charge is -2.22. The number of hydrogen-bond donors (Lipinski definition) is 2. The molecular formula is C10H20N2OS. The summed E-state index contributed by atoms with van der Waals surface area (Å²) in [6.45, 7) is 9.49. The Balaban J connectivity index is 3.58. The monoisotopic (exact) mass is 216 g/mol. The van der Waals surface area contributed by atoms with Gasteiger partial charge < -0.3 is 10.6 Å². The third-order valence-corrected chi connectivity index (χ3v) is 3.09. The Morgan fingerprint density at radius 3 is 2.71 bits per heavy atom. The summed E-state index contributed by atoms with van der Waals surface area (Å²) in [6, 6.07) is 0. The summed E-state index contributed by atoms with van der Waals surface area (Å²) >= 11 is 1.75. The van der Waals surface area contributed by atoms with E-state index in [4.69, 9.17) is 0 Å². The summed E-state index contributed by atoms with van der Waals surface area (Å²) in [7, 11) is 0. The molecule has 0 fully saturated rings. The van der Waals surface area contributed by atoms with Crippen LogP contribution in [-0.4, -0.2) is 36.5 Å². The van der Waals surface area contributed by atoms with Crippen LogP contribution >= 0.6 is 11.8 Å². The zero-order valence-electron chi connectivity index (χ0n) is 9.22. The first kappa shape index (κ1) is 13.5. The first-order valence-electron chi connectivity index (χ1n) is 4.65. The van der Waals surface area contributed by atoms with Crippen LogP contribution in [0.5, 0.6) is 0 Å². The fourth-order valence-electron chi connectivity index (χ4n) is 0.734. The quantitative estimate of drug-likeness (QED) is 0.493. The molecule has 0 saturated carbocycles. The first-order valence-corrected chi connectivity index (χ1v) is 5.88. The van der Waals surface area contributed by atoms with Gasteiger partial charge in [-0.25, -0.2) is 0 Å². The van der Waals surface area contributed by atoms with Gasteiger partial charge in [-0.2, -0.15) is 11.8 Å². The van der Waals surface area contributed by atoms with Crippen molar-refractivity contribution in [3.05, 3.63) is 12.7 Å². The van der Waals surface area contributed by atoms with E-state index in [1.54, 1.807) is 17.8 Å². The number of nitrogens with one attached hydrogen (secondary N) is 2. The van der Waals surface area contributed by atoms with Gasteiger partial charge in [-0.3, -0.25) is 4.79 Å². The van der Waals surface area contributed by atoms with Crippen LogP contribution in [0.4, 0.5) is 0 Å². The molecule has 0 aliphatic carbocycles. The van der Waals surface area contributed by atoms with Crippen LogP contribution < -0.4 is 10.6 Å². The molecule has 82 valence electrons. The van der Waals surface area contributed by atoms with E-state index in [-0.39, 0.29) is 10.7 Å². The van der Waals surface area contributed by atoms with Crippen LogP contribution in [0.25, 0.3) is 0 Å². The van der Waals surface area contributed by atoms with Gasteiger partial charge in [0, 0.05) is 17.8 Å². The summed E-state index contributed by atoms with van der Waals surface area (Å²) in [5.74, 6) is 0.0361. The zero-order valence-corrected chi connectivity index (χ0v) is 10.0. The molecule has 0 saturated heterocycles. The van der Waals surface area contributed by atoms with Crippen molar-refractivity contribution in [3.63, 3.8) is 0 Å². The van der Waals surface area contributed by atoms with Crippen molar-refractivity contribution in [2.24, 2.45) is 0 Å². The molecule has 3 nitrogen and oxygen atoms in total. The molecule has 14 heavy (non-hydrogen) atoms. The molecule has 0 spiro atoms. The Hall–Kier alpha value is -0.480. The lowest BCUT2D eigenvalue weighted by molar-refractivity contribution is -0.120. The number of amides is 1. The predicted octanol–water partition coefficient (Wildman–Crippen LogP) is 1.02. The van der Waals surface area contributed by atoms with Crippen LogP contribution in [0, 0.1) is 0 Å². The van der Waals surface area contributed by atoms with Gasteiger partial charge >= 0.3 is 0 Å². The number of rotatable bonds is 7. The summed E-state index contributed by atoms with van der Waals surface area (Å²) in [6.07, 6.45) is 3.78. The normalized spacial score (nSPS) is 11.1. The van der Waals surface area contributed by atoms with Gasteiger partial charge in [0.1, 0.15) is 0 Å². The Labute approximate surface area is 90.7 Å². The van der Waals surface area contributed by atoms with E-state index in [9.17, 15) is 4.79 Å². The largest absolute Gasteiger partial charge is 0.354 e. The summed E-state index contributed by atoms with van der Waals surface area (Å²) < 4.78 is 0.105. The standard InChI is InChI=1S/C10H20N2OS/c1-5-6-11-7-9(13)12-8-10(2,3)14-4/h5,11H,1,6-8H2,2-4H3,(H,12,13). The van der Waals surface area contributed by atoms with Gasteiger partial charge in [-0.05, 0) is 20.1 Å². The Bertz CT molecular complexity index is 193. The number of carbonyl (C=O) groups excluding carboxylic acids is 1. The smallest absolute Gasteiger partial charge is 0.234 e. The molecule has 0 aromatic carbocycles. The van der Waals surface area contributed by atoms with E-state index < -0.39 is 0 Å². The molecule has 0 heterocycles. The average Bonchev–Trinajstić information content (AvgIpc) is 2.16. The lowest BCUT2D eigenvalue weighted by atomic mass is 10.2. The van der Waals surface area contributed by atoms with E-state index >= 15 is 0 Å². The lowest BCUT2D eigenvalue weighted by Crippen LogP contribution is -2.40. The molecule has 0 aliphatic rings. The molecule has 0 unspecified atom stereocenters. The molecule has 0 rings (SSSR count). The molecule has 4 heteroatoms. The molecule has 1 amide bonds. The minimum Gasteiger partial charge on any atom is -0.354 e. The SMILES string of the molecule is C=CCNCC(=O)NCC(C)(C)SC. The van der Waals surface area contributed by atoms with Gasteiger partial charge in [0.2, 0.25) is 5.91 Å². The van der Waals surface area contributed by atoms with Gasteiger partial charge in [0.15, 0.2) is 0 Å². The van der Waals surface area contributed by atoms with Crippen LogP contribution in [0.3, 0.4) is 0 Å². The highest BCUT2D eigenvalue weighted by Crippen LogP contribution is 2.19. The molecule has 0 bridgehead atoms. The van der Waals surface area contributed by atoms with Crippen LogP contribution in [0.2, 0.25) is 0 Å². The van der Waals surface area contributed by atoms with Crippen molar-refractivity contribution < 1.29 is 4.79 Å². The highest BCUT2D eigenvalue weighted by Gasteiger charge is 2.16. The second kappa shape index (κ2) is 6.90. The number of carbonyl (C=O) groups is 1. The molecule has 0 aliphatic heterocycles. The zero-order chi connectivity index (χ0) is 11.0. The van der Waals surface area contributed by atoms with Crippen molar-refractivity contribution >= 4 is 17.7 Å². The maximum Gasteiger partial charge on any atom is 0.234 e. The molecule has 0 radical (unpaired) electrons. The van der Waals surface area contributed by atoms with Gasteiger partial charge in [-0.1, -0.05) is 6.08 Å². The van der Waals surface area contributed by atoms with Gasteiger partial charge in [0.05, 0.1) is 6.54 Å². The Morgan fingerprint density at radius 1 is 1.57 bits per heavy atom. The van der Waals surface area contributed by atoms with Crippen LogP contribution in [-0.2, 0) is 4.79 Å².